The average Bonchev–Trinajstić information content (AvgIpc) is 3.32. The molecule has 0 saturated heterocycles. The number of nitrogens with zero attached hydrogens (tertiary/aromatic N) is 1. The van der Waals surface area contributed by atoms with Gasteiger partial charge in [-0.1, -0.05) is 214 Å². The molecule has 0 heterocycles. The first-order valence-electron chi connectivity index (χ1n) is 28.0. The van der Waals surface area contributed by atoms with Gasteiger partial charge in [0.05, 0.1) is 27.7 Å². The highest BCUT2D eigenvalue weighted by Gasteiger charge is 2.27. The van der Waals surface area contributed by atoms with Crippen molar-refractivity contribution in [2.24, 2.45) is 0 Å². The van der Waals surface area contributed by atoms with Gasteiger partial charge in [0.1, 0.15) is 19.8 Å². The molecule has 10 heteroatoms. The van der Waals surface area contributed by atoms with Gasteiger partial charge < -0.3 is 18.9 Å². The van der Waals surface area contributed by atoms with E-state index in [0.717, 1.165) is 109 Å². The largest absolute Gasteiger partial charge is 0.472 e. The summed E-state index contributed by atoms with van der Waals surface area (Å²) in [6.07, 6.45) is 69.0. The lowest BCUT2D eigenvalue weighted by Gasteiger charge is -2.24. The van der Waals surface area contributed by atoms with Crippen molar-refractivity contribution < 1.29 is 42.1 Å². The fourth-order valence-corrected chi connectivity index (χ4v) is 8.09. The van der Waals surface area contributed by atoms with E-state index in [0.29, 0.717) is 17.4 Å². The molecule has 0 radical (unpaired) electrons. The van der Waals surface area contributed by atoms with Crippen molar-refractivity contribution in [3.8, 4) is 0 Å². The number of hydrogen-bond donors (Lipinski definition) is 1. The lowest BCUT2D eigenvalue weighted by Crippen LogP contribution is -2.37. The molecule has 1 N–H and O–H groups in total. The van der Waals surface area contributed by atoms with Gasteiger partial charge >= 0.3 is 19.8 Å². The predicted molar refractivity (Wildman–Crippen MR) is 298 cm³/mol. The summed E-state index contributed by atoms with van der Waals surface area (Å²) in [6.45, 7) is 4.19. The van der Waals surface area contributed by atoms with Crippen LogP contribution in [0.15, 0.2) is 97.2 Å². The van der Waals surface area contributed by atoms with Gasteiger partial charge in [-0.3, -0.25) is 18.6 Å². The second kappa shape index (κ2) is 50.9. The average molecular weight is 999 g/mol. The number of allylic oxidation sites excluding steroid dienone is 16. The zero-order valence-corrected chi connectivity index (χ0v) is 46.4. The molecule has 0 aromatic heterocycles. The first kappa shape index (κ1) is 66.9. The van der Waals surface area contributed by atoms with E-state index in [2.05, 4.69) is 111 Å². The summed E-state index contributed by atoms with van der Waals surface area (Å²) in [5, 5.41) is 0. The Labute approximate surface area is 430 Å². The lowest BCUT2D eigenvalue weighted by atomic mass is 10.0. The minimum Gasteiger partial charge on any atom is -0.462 e. The maximum atomic E-state index is 12.8. The van der Waals surface area contributed by atoms with E-state index < -0.39 is 26.5 Å². The molecule has 9 nitrogen and oxygen atoms in total. The van der Waals surface area contributed by atoms with Gasteiger partial charge in [0.25, 0.3) is 0 Å². The van der Waals surface area contributed by atoms with Gasteiger partial charge in [-0.05, 0) is 89.9 Å². The second-order valence-electron chi connectivity index (χ2n) is 19.6. The number of likely N-dealkylation sites (N-methyl/N-ethyl adjacent to an activating group) is 1. The fraction of sp³-hybridized carbons (Fsp3) is 0.700. The first-order chi connectivity index (χ1) is 34.0. The normalized spacial score (nSPS) is 14.1. The number of esters is 2. The lowest BCUT2D eigenvalue weighted by molar-refractivity contribution is -0.870. The summed E-state index contributed by atoms with van der Waals surface area (Å²) >= 11 is 0. The van der Waals surface area contributed by atoms with Gasteiger partial charge in [0.2, 0.25) is 0 Å². The molecule has 2 unspecified atom stereocenters. The van der Waals surface area contributed by atoms with Crippen molar-refractivity contribution in [2.75, 3.05) is 47.5 Å². The van der Waals surface area contributed by atoms with E-state index in [9.17, 15) is 19.0 Å². The summed E-state index contributed by atoms with van der Waals surface area (Å²) in [5.41, 5.74) is 0. The Kier molecular flexibility index (Phi) is 48.6. The van der Waals surface area contributed by atoms with Gasteiger partial charge in [-0.25, -0.2) is 4.57 Å². The third kappa shape index (κ3) is 54.3. The molecule has 70 heavy (non-hydrogen) atoms. The number of unbranched alkanes of at least 4 members (excludes halogenated alkanes) is 20. The van der Waals surface area contributed by atoms with E-state index in [4.69, 9.17) is 18.5 Å². The third-order valence-electron chi connectivity index (χ3n) is 11.6. The van der Waals surface area contributed by atoms with Crippen molar-refractivity contribution in [3.05, 3.63) is 97.2 Å². The third-order valence-corrected chi connectivity index (χ3v) is 12.6. The Bertz CT molecular complexity index is 1500. The summed E-state index contributed by atoms with van der Waals surface area (Å²) in [4.78, 5) is 35.7. The van der Waals surface area contributed by atoms with Gasteiger partial charge in [-0.15, -0.1) is 0 Å². The second-order valence-corrected chi connectivity index (χ2v) is 21.0. The molecule has 0 bridgehead atoms. The van der Waals surface area contributed by atoms with Gasteiger partial charge in [-0.2, -0.15) is 0 Å². The van der Waals surface area contributed by atoms with Crippen LogP contribution in [0.3, 0.4) is 0 Å². The molecule has 0 rings (SSSR count). The van der Waals surface area contributed by atoms with E-state index in [1.807, 2.05) is 21.1 Å². The van der Waals surface area contributed by atoms with Crippen LogP contribution in [0.5, 0.6) is 0 Å². The van der Waals surface area contributed by atoms with Crippen molar-refractivity contribution in [1.29, 1.82) is 0 Å². The SMILES string of the molecule is CC/C=C\C/C=C\C/C=C\C/C=C\CCCCCCCCCCCCCCCCC(=O)OC(COC(=O)CCCCCCCC/C=C\C/C=C\C/C=C\C/C=C\CC)COP(=O)(O)OCC[N+](C)(C)C. The number of phosphoric acid groups is 1. The monoisotopic (exact) mass is 999 g/mol. The highest BCUT2D eigenvalue weighted by atomic mass is 31.2. The van der Waals surface area contributed by atoms with Crippen LogP contribution in [-0.2, 0) is 32.7 Å². The Balaban J connectivity index is 4.20. The Hall–Kier alpha value is -3.07. The van der Waals surface area contributed by atoms with Crippen LogP contribution in [-0.4, -0.2) is 74.9 Å². The summed E-state index contributed by atoms with van der Waals surface area (Å²) < 4.78 is 34.5. The molecule has 0 aromatic rings. The molecular weight excluding hydrogens is 894 g/mol. The number of ether oxygens (including phenoxy) is 2. The standard InChI is InChI=1S/C60H104NO8P/c1-6-8-10-12-14-16-18-20-22-24-26-27-28-29-30-31-32-33-35-37-39-41-43-45-47-49-51-53-60(63)69-58(57-68-70(64,65)67-55-54-61(3,4)5)56-66-59(62)52-50-48-46-44-42-40-38-36-34-25-23-21-19-17-15-13-11-9-7-2/h8-11,14-17,20-23,26-27,34,36,58H,6-7,12-13,18-19,24-25,28-33,35,37-57H2,1-5H3/p+1/b10-8-,11-9-,16-14-,17-15-,22-20-,23-21-,27-26-,36-34-. The van der Waals surface area contributed by atoms with Crippen LogP contribution in [0, 0.1) is 0 Å². The van der Waals surface area contributed by atoms with Crippen LogP contribution in [0.1, 0.15) is 219 Å². The number of carbonyl (C=O) groups excluding carboxylic acids is 2. The van der Waals surface area contributed by atoms with E-state index in [-0.39, 0.29) is 32.0 Å². The number of hydrogen-bond acceptors (Lipinski definition) is 7. The van der Waals surface area contributed by atoms with Gasteiger partial charge in [0, 0.05) is 12.8 Å². The topological polar surface area (TPSA) is 108 Å². The van der Waals surface area contributed by atoms with Crippen molar-refractivity contribution in [2.45, 2.75) is 225 Å². The van der Waals surface area contributed by atoms with E-state index in [1.54, 1.807) is 0 Å². The highest BCUT2D eigenvalue weighted by Crippen LogP contribution is 2.43. The number of carbonyl (C=O) groups is 2. The van der Waals surface area contributed by atoms with Gasteiger partial charge in [0.15, 0.2) is 6.10 Å². The van der Waals surface area contributed by atoms with Crippen molar-refractivity contribution in [3.63, 3.8) is 0 Å². The summed E-state index contributed by atoms with van der Waals surface area (Å²) in [6, 6.07) is 0. The molecule has 2 atom stereocenters. The summed E-state index contributed by atoms with van der Waals surface area (Å²) in [7, 11) is 1.46. The molecule has 402 valence electrons. The zero-order chi connectivity index (χ0) is 51.3. The van der Waals surface area contributed by atoms with Crippen LogP contribution in [0.4, 0.5) is 0 Å². The smallest absolute Gasteiger partial charge is 0.462 e. The van der Waals surface area contributed by atoms with Crippen LogP contribution in [0.25, 0.3) is 0 Å². The molecule has 0 amide bonds. The Morgan fingerprint density at radius 3 is 1.14 bits per heavy atom. The van der Waals surface area contributed by atoms with Crippen molar-refractivity contribution >= 4 is 19.8 Å². The maximum absolute atomic E-state index is 12.8. The fourth-order valence-electron chi connectivity index (χ4n) is 7.35. The molecule has 0 fully saturated rings. The minimum atomic E-state index is -4.39. The molecule has 0 saturated carbocycles. The molecule has 0 aliphatic rings. The number of rotatable bonds is 50. The Morgan fingerprint density at radius 1 is 0.443 bits per heavy atom. The first-order valence-corrected chi connectivity index (χ1v) is 29.5. The zero-order valence-electron chi connectivity index (χ0n) is 45.5. The van der Waals surface area contributed by atoms with Crippen LogP contribution < -0.4 is 0 Å². The van der Waals surface area contributed by atoms with Crippen LogP contribution >= 0.6 is 7.82 Å². The maximum Gasteiger partial charge on any atom is 0.472 e. The van der Waals surface area contributed by atoms with E-state index >= 15 is 0 Å². The number of quaternary nitrogens is 1. The van der Waals surface area contributed by atoms with E-state index in [1.165, 1.54) is 77.0 Å². The van der Waals surface area contributed by atoms with Crippen molar-refractivity contribution in [1.82, 2.24) is 0 Å². The number of phosphoric ester groups is 1. The molecule has 0 aromatic carbocycles. The predicted octanol–water partition coefficient (Wildman–Crippen LogP) is 17.3. The minimum absolute atomic E-state index is 0.0248. The quantitative estimate of drug-likeness (QED) is 0.0211. The molecule has 0 aliphatic heterocycles. The molecule has 0 aliphatic carbocycles. The van der Waals surface area contributed by atoms with Crippen LogP contribution in [0.2, 0.25) is 0 Å². The molecule has 0 spiro atoms. The Morgan fingerprint density at radius 2 is 0.771 bits per heavy atom. The highest BCUT2D eigenvalue weighted by molar-refractivity contribution is 7.47. The molecular formula is C60H105NO8P+. The summed E-state index contributed by atoms with van der Waals surface area (Å²) in [5.74, 6) is -0.817.